The van der Waals surface area contributed by atoms with Gasteiger partial charge in [0, 0.05) is 23.3 Å². The van der Waals surface area contributed by atoms with Gasteiger partial charge in [-0.05, 0) is 35.3 Å². The van der Waals surface area contributed by atoms with Gasteiger partial charge in [0.1, 0.15) is 0 Å². The van der Waals surface area contributed by atoms with Crippen LogP contribution >= 0.6 is 23.4 Å². The van der Waals surface area contributed by atoms with E-state index >= 15 is 0 Å². The van der Waals surface area contributed by atoms with Crippen molar-refractivity contribution >= 4 is 46.9 Å². The van der Waals surface area contributed by atoms with Gasteiger partial charge in [-0.2, -0.15) is 0 Å². The van der Waals surface area contributed by atoms with Crippen LogP contribution in [0, 0.1) is 0 Å². The largest absolute Gasteiger partial charge is 0.345 e. The van der Waals surface area contributed by atoms with Crippen molar-refractivity contribution in [2.24, 2.45) is 0 Å². The Hall–Kier alpha value is -3.36. The van der Waals surface area contributed by atoms with E-state index in [1.807, 2.05) is 47.0 Å². The maximum Gasteiger partial charge on any atom is 0.244 e. The van der Waals surface area contributed by atoms with E-state index in [4.69, 9.17) is 11.6 Å². The number of hydrogen-bond donors (Lipinski definition) is 2. The van der Waals surface area contributed by atoms with Crippen LogP contribution in [0.1, 0.15) is 36.7 Å². The predicted molar refractivity (Wildman–Crippen MR) is 142 cm³/mol. The van der Waals surface area contributed by atoms with Gasteiger partial charge in [0.05, 0.1) is 12.3 Å². The number of anilines is 1. The highest BCUT2D eigenvalue weighted by atomic mass is 35.5. The minimum atomic E-state index is -0.282. The molecule has 1 aromatic heterocycles. The van der Waals surface area contributed by atoms with Crippen LogP contribution in [0.3, 0.4) is 0 Å². The number of thioether (sulfide) groups is 1. The Morgan fingerprint density at radius 3 is 2.63 bits per heavy atom. The van der Waals surface area contributed by atoms with E-state index < -0.39 is 0 Å². The number of halogens is 1. The molecule has 3 rings (SSSR count). The summed E-state index contributed by atoms with van der Waals surface area (Å²) in [5, 5.41) is 15.3. The van der Waals surface area contributed by atoms with Gasteiger partial charge in [0.2, 0.25) is 11.8 Å². The SMILES string of the molecule is C=CCn1c(CNC(=O)C=Cc2ccccc2Cl)nnc1SCC(=O)Nc1ccccc1C(C)C. The van der Waals surface area contributed by atoms with Crippen LogP contribution in [0.25, 0.3) is 6.08 Å². The second-order valence-corrected chi connectivity index (χ2v) is 9.30. The van der Waals surface area contributed by atoms with Gasteiger partial charge in [-0.1, -0.05) is 79.7 Å². The maximum absolute atomic E-state index is 12.6. The van der Waals surface area contributed by atoms with E-state index in [0.29, 0.717) is 28.5 Å². The summed E-state index contributed by atoms with van der Waals surface area (Å²) in [4.78, 5) is 24.8. The molecule has 2 N–H and O–H groups in total. The lowest BCUT2D eigenvalue weighted by Crippen LogP contribution is -2.23. The molecule has 35 heavy (non-hydrogen) atoms. The molecule has 0 fully saturated rings. The van der Waals surface area contributed by atoms with Crippen LogP contribution in [0.4, 0.5) is 5.69 Å². The summed E-state index contributed by atoms with van der Waals surface area (Å²) in [5.41, 5.74) is 2.66. The highest BCUT2D eigenvalue weighted by Crippen LogP contribution is 2.24. The molecule has 0 bridgehead atoms. The summed E-state index contributed by atoms with van der Waals surface area (Å²) >= 11 is 7.39. The number of para-hydroxylation sites is 1. The van der Waals surface area contributed by atoms with Crippen molar-refractivity contribution in [1.82, 2.24) is 20.1 Å². The highest BCUT2D eigenvalue weighted by Gasteiger charge is 2.15. The Balaban J connectivity index is 1.59. The molecule has 0 saturated heterocycles. The van der Waals surface area contributed by atoms with Crippen molar-refractivity contribution in [3.05, 3.63) is 89.2 Å². The Morgan fingerprint density at radius 1 is 1.14 bits per heavy atom. The van der Waals surface area contributed by atoms with E-state index in [2.05, 4.69) is 41.3 Å². The first kappa shape index (κ1) is 26.2. The number of benzene rings is 2. The van der Waals surface area contributed by atoms with Crippen molar-refractivity contribution in [3.63, 3.8) is 0 Å². The molecule has 1 heterocycles. The molecule has 0 aliphatic carbocycles. The zero-order valence-corrected chi connectivity index (χ0v) is 21.3. The number of hydrogen-bond acceptors (Lipinski definition) is 5. The third-order valence-electron chi connectivity index (χ3n) is 5.03. The molecule has 0 unspecified atom stereocenters. The molecular weight excluding hydrogens is 482 g/mol. The predicted octanol–water partition coefficient (Wildman–Crippen LogP) is 5.30. The molecule has 182 valence electrons. The number of allylic oxidation sites excluding steroid dienone is 1. The molecule has 2 aromatic carbocycles. The number of carbonyl (C=O) groups is 2. The summed E-state index contributed by atoms with van der Waals surface area (Å²) in [6.45, 7) is 8.59. The smallest absolute Gasteiger partial charge is 0.244 e. The van der Waals surface area contributed by atoms with E-state index in [1.165, 1.54) is 17.8 Å². The first-order valence-electron chi connectivity index (χ1n) is 11.1. The average molecular weight is 510 g/mol. The van der Waals surface area contributed by atoms with Gasteiger partial charge >= 0.3 is 0 Å². The molecular formula is C26H28ClN5O2S. The van der Waals surface area contributed by atoms with E-state index in [9.17, 15) is 9.59 Å². The van der Waals surface area contributed by atoms with Crippen LogP contribution in [0.15, 0.2) is 72.4 Å². The quantitative estimate of drug-likeness (QED) is 0.208. The van der Waals surface area contributed by atoms with E-state index in [-0.39, 0.29) is 24.1 Å². The topological polar surface area (TPSA) is 88.9 Å². The normalized spacial score (nSPS) is 11.1. The first-order valence-corrected chi connectivity index (χ1v) is 12.5. The number of rotatable bonds is 11. The summed E-state index contributed by atoms with van der Waals surface area (Å²) in [7, 11) is 0. The molecule has 0 radical (unpaired) electrons. The van der Waals surface area contributed by atoms with Crippen LogP contribution in [0.5, 0.6) is 0 Å². The third kappa shape index (κ3) is 7.56. The van der Waals surface area contributed by atoms with Gasteiger partial charge in [0.25, 0.3) is 0 Å². The minimum Gasteiger partial charge on any atom is -0.345 e. The fourth-order valence-electron chi connectivity index (χ4n) is 3.30. The summed E-state index contributed by atoms with van der Waals surface area (Å²) < 4.78 is 1.82. The Bertz CT molecular complexity index is 1220. The van der Waals surface area contributed by atoms with Crippen molar-refractivity contribution < 1.29 is 9.59 Å². The van der Waals surface area contributed by atoms with E-state index in [1.54, 1.807) is 18.2 Å². The molecule has 0 aliphatic rings. The molecule has 0 saturated carbocycles. The second kappa shape index (κ2) is 12.9. The zero-order valence-electron chi connectivity index (χ0n) is 19.7. The molecule has 0 spiro atoms. The second-order valence-electron chi connectivity index (χ2n) is 7.95. The monoisotopic (exact) mass is 509 g/mol. The van der Waals surface area contributed by atoms with Crippen molar-refractivity contribution in [1.29, 1.82) is 0 Å². The van der Waals surface area contributed by atoms with Crippen molar-refractivity contribution in [3.8, 4) is 0 Å². The first-order chi connectivity index (χ1) is 16.9. The third-order valence-corrected chi connectivity index (χ3v) is 6.35. The number of amides is 2. The number of carbonyl (C=O) groups excluding carboxylic acids is 2. The molecule has 9 heteroatoms. The number of nitrogens with zero attached hydrogens (tertiary/aromatic N) is 3. The standard InChI is InChI=1S/C26H28ClN5O2S/c1-4-15-32-23(16-28-24(33)14-13-19-9-5-7-11-21(19)27)30-31-26(32)35-17-25(34)29-22-12-8-6-10-20(22)18(2)3/h4-14,18H,1,15-17H2,2-3H3,(H,28,33)(H,29,34). The molecule has 0 atom stereocenters. The van der Waals surface area contributed by atoms with Crippen LogP contribution < -0.4 is 10.6 Å². The average Bonchev–Trinajstić information content (AvgIpc) is 3.22. The van der Waals surface area contributed by atoms with Crippen molar-refractivity contribution in [2.75, 3.05) is 11.1 Å². The molecule has 0 aliphatic heterocycles. The van der Waals surface area contributed by atoms with Crippen LogP contribution in [0.2, 0.25) is 5.02 Å². The number of aromatic nitrogens is 3. The van der Waals surface area contributed by atoms with Crippen LogP contribution in [-0.4, -0.2) is 32.3 Å². The summed E-state index contributed by atoms with van der Waals surface area (Å²) in [6.07, 6.45) is 4.79. The number of nitrogens with one attached hydrogen (secondary N) is 2. The zero-order chi connectivity index (χ0) is 25.2. The maximum atomic E-state index is 12.6. The lowest BCUT2D eigenvalue weighted by atomic mass is 10.0. The van der Waals surface area contributed by atoms with Gasteiger partial charge in [-0.3, -0.25) is 9.59 Å². The Kier molecular flexibility index (Phi) is 9.69. The lowest BCUT2D eigenvalue weighted by Gasteiger charge is -2.13. The van der Waals surface area contributed by atoms with Gasteiger partial charge in [-0.25, -0.2) is 0 Å². The fraction of sp³-hybridized carbons (Fsp3) is 0.231. The van der Waals surface area contributed by atoms with Crippen LogP contribution in [-0.2, 0) is 22.7 Å². The van der Waals surface area contributed by atoms with Gasteiger partial charge in [-0.15, -0.1) is 16.8 Å². The Labute approximate surface area is 214 Å². The highest BCUT2D eigenvalue weighted by molar-refractivity contribution is 7.99. The minimum absolute atomic E-state index is 0.129. The van der Waals surface area contributed by atoms with E-state index in [0.717, 1.165) is 16.8 Å². The molecule has 3 aromatic rings. The molecule has 7 nitrogen and oxygen atoms in total. The summed E-state index contributed by atoms with van der Waals surface area (Å²) in [6, 6.07) is 15.1. The summed E-state index contributed by atoms with van der Waals surface area (Å²) in [5.74, 6) is 0.630. The lowest BCUT2D eigenvalue weighted by molar-refractivity contribution is -0.116. The fourth-order valence-corrected chi connectivity index (χ4v) is 4.27. The van der Waals surface area contributed by atoms with Gasteiger partial charge < -0.3 is 15.2 Å². The Morgan fingerprint density at radius 2 is 1.89 bits per heavy atom. The van der Waals surface area contributed by atoms with Crippen molar-refractivity contribution in [2.45, 2.75) is 38.0 Å². The van der Waals surface area contributed by atoms with Gasteiger partial charge in [0.15, 0.2) is 11.0 Å². The molecule has 2 amide bonds.